The van der Waals surface area contributed by atoms with Crippen LogP contribution in [0.1, 0.15) is 52.9 Å². The number of epoxide rings is 2. The molecular weight excluding hydrogens is 398 g/mol. The Morgan fingerprint density at radius 1 is 1.32 bits per heavy atom. The van der Waals surface area contributed by atoms with Crippen LogP contribution in [0.25, 0.3) is 0 Å². The van der Waals surface area contributed by atoms with Crippen LogP contribution in [0.3, 0.4) is 0 Å². The first kappa shape index (κ1) is 19.7. The minimum atomic E-state index is -0.928. The normalized spacial score (nSPS) is 44.7. The largest absolute Gasteiger partial charge is 0.458 e. The average Bonchev–Trinajstić information content (AvgIpc) is 3.62. The number of nitrogens with one attached hydrogen (secondary N) is 1. The number of ether oxygens (including phenoxy) is 3. The highest BCUT2D eigenvalue weighted by molar-refractivity contribution is 6.08. The van der Waals surface area contributed by atoms with Crippen molar-refractivity contribution in [1.29, 1.82) is 0 Å². The van der Waals surface area contributed by atoms with Gasteiger partial charge in [-0.25, -0.2) is 4.79 Å². The summed E-state index contributed by atoms with van der Waals surface area (Å²) in [4.78, 5) is 38.2. The molecule has 1 N–H and O–H groups in total. The average molecular weight is 427 g/mol. The molecule has 1 amide bonds. The van der Waals surface area contributed by atoms with E-state index in [-0.39, 0.29) is 53.5 Å². The van der Waals surface area contributed by atoms with Gasteiger partial charge in [-0.1, -0.05) is 20.8 Å². The van der Waals surface area contributed by atoms with Gasteiger partial charge in [0.1, 0.15) is 18.3 Å². The van der Waals surface area contributed by atoms with E-state index in [1.165, 1.54) is 0 Å². The van der Waals surface area contributed by atoms with Gasteiger partial charge in [0.2, 0.25) is 5.91 Å². The lowest BCUT2D eigenvalue weighted by Crippen LogP contribution is -2.63. The number of esters is 1. The maximum Gasteiger partial charge on any atom is 0.334 e. The summed E-state index contributed by atoms with van der Waals surface area (Å²) in [5, 5.41) is 2.90. The minimum absolute atomic E-state index is 0.000224. The van der Waals surface area contributed by atoms with Crippen molar-refractivity contribution < 1.29 is 28.6 Å². The monoisotopic (exact) mass is 427 g/mol. The third-order valence-electron chi connectivity index (χ3n) is 8.83. The fraction of sp³-hybridized carbons (Fsp3) is 0.708. The van der Waals surface area contributed by atoms with Gasteiger partial charge < -0.3 is 19.5 Å². The van der Waals surface area contributed by atoms with Crippen molar-refractivity contribution in [2.24, 2.45) is 17.3 Å². The summed E-state index contributed by atoms with van der Waals surface area (Å²) in [6.45, 7) is 7.16. The Labute approximate surface area is 181 Å². The first-order chi connectivity index (χ1) is 14.8. The fourth-order valence-corrected chi connectivity index (χ4v) is 7.19. The molecule has 6 aliphatic rings. The van der Waals surface area contributed by atoms with E-state index < -0.39 is 11.2 Å². The van der Waals surface area contributed by atoms with Crippen LogP contribution in [0, 0.1) is 17.3 Å². The molecule has 7 heteroatoms. The van der Waals surface area contributed by atoms with Crippen LogP contribution in [0.15, 0.2) is 22.8 Å². The van der Waals surface area contributed by atoms with E-state index in [4.69, 9.17) is 14.2 Å². The Morgan fingerprint density at radius 2 is 2.13 bits per heavy atom. The van der Waals surface area contributed by atoms with Crippen molar-refractivity contribution in [3.8, 4) is 0 Å². The van der Waals surface area contributed by atoms with E-state index in [2.05, 4.69) is 12.2 Å². The Hall–Kier alpha value is -1.99. The van der Waals surface area contributed by atoms with Crippen LogP contribution < -0.4 is 5.32 Å². The van der Waals surface area contributed by atoms with Crippen LogP contribution in [0.4, 0.5) is 0 Å². The summed E-state index contributed by atoms with van der Waals surface area (Å²) in [7, 11) is 0. The van der Waals surface area contributed by atoms with E-state index in [0.29, 0.717) is 31.6 Å². The van der Waals surface area contributed by atoms with Gasteiger partial charge in [0.05, 0.1) is 6.10 Å². The second-order valence-electron chi connectivity index (χ2n) is 10.3. The second-order valence-corrected chi connectivity index (χ2v) is 10.3. The van der Waals surface area contributed by atoms with Crippen molar-refractivity contribution in [2.45, 2.75) is 76.3 Å². The van der Waals surface area contributed by atoms with E-state index in [9.17, 15) is 14.4 Å². The summed E-state index contributed by atoms with van der Waals surface area (Å²) in [6.07, 6.45) is 4.91. The van der Waals surface area contributed by atoms with E-state index in [0.717, 1.165) is 24.0 Å². The van der Waals surface area contributed by atoms with Crippen LogP contribution in [-0.2, 0) is 28.6 Å². The van der Waals surface area contributed by atoms with Crippen molar-refractivity contribution in [3.05, 3.63) is 22.8 Å². The molecule has 0 aromatic heterocycles. The predicted octanol–water partition coefficient (Wildman–Crippen LogP) is 2.00. The van der Waals surface area contributed by atoms with Gasteiger partial charge in [-0.3, -0.25) is 9.59 Å². The van der Waals surface area contributed by atoms with Gasteiger partial charge in [0.25, 0.3) is 0 Å². The lowest BCUT2D eigenvalue weighted by molar-refractivity contribution is -0.136. The molecule has 6 rings (SSSR count). The first-order valence-electron chi connectivity index (χ1n) is 11.6. The Morgan fingerprint density at radius 3 is 2.90 bits per heavy atom. The molecule has 2 spiro atoms. The molecule has 0 radical (unpaired) electrons. The van der Waals surface area contributed by atoms with Gasteiger partial charge in [0, 0.05) is 29.5 Å². The number of rotatable bonds is 5. The van der Waals surface area contributed by atoms with Crippen molar-refractivity contribution in [1.82, 2.24) is 5.32 Å². The summed E-state index contributed by atoms with van der Waals surface area (Å²) in [5.41, 5.74) is 0.718. The lowest BCUT2D eigenvalue weighted by Gasteiger charge is -2.51. The van der Waals surface area contributed by atoms with Crippen LogP contribution in [0.5, 0.6) is 0 Å². The zero-order valence-corrected chi connectivity index (χ0v) is 18.3. The third-order valence-corrected chi connectivity index (χ3v) is 8.83. The number of ketones is 1. The van der Waals surface area contributed by atoms with Gasteiger partial charge in [-0.2, -0.15) is 0 Å². The SMILES string of the molecule is CCCNC(=O)CC(C)C1=C[C@@H]2O[C@@]23[C@@]2(C)CCC4=C(COC4=O)[C@@H]2C[C@@H]2O[C@@]23C1=O. The molecule has 3 fully saturated rings. The predicted molar refractivity (Wildman–Crippen MR) is 109 cm³/mol. The summed E-state index contributed by atoms with van der Waals surface area (Å²) in [6, 6.07) is 0. The highest BCUT2D eigenvalue weighted by atomic mass is 16.7. The van der Waals surface area contributed by atoms with Crippen LogP contribution >= 0.6 is 0 Å². The Bertz CT molecular complexity index is 983. The van der Waals surface area contributed by atoms with Gasteiger partial charge in [-0.15, -0.1) is 0 Å². The van der Waals surface area contributed by atoms with Crippen molar-refractivity contribution in [3.63, 3.8) is 0 Å². The fourth-order valence-electron chi connectivity index (χ4n) is 7.19. The molecule has 1 unspecified atom stereocenters. The number of fused-ring (bicyclic) bond motifs is 2. The number of carbonyl (C=O) groups excluding carboxylic acids is 3. The molecule has 31 heavy (non-hydrogen) atoms. The van der Waals surface area contributed by atoms with E-state index in [1.807, 2.05) is 19.9 Å². The molecule has 166 valence electrons. The summed E-state index contributed by atoms with van der Waals surface area (Å²) in [5.74, 6) is -0.268. The summed E-state index contributed by atoms with van der Waals surface area (Å²) >= 11 is 0. The molecule has 0 bridgehead atoms. The molecular formula is C24H29NO6. The first-order valence-corrected chi connectivity index (χ1v) is 11.6. The number of cyclic esters (lactones) is 1. The van der Waals surface area contributed by atoms with Crippen LogP contribution in [0.2, 0.25) is 0 Å². The maximum absolute atomic E-state index is 13.8. The topological polar surface area (TPSA) is 97.5 Å². The number of hydrogen-bond acceptors (Lipinski definition) is 6. The molecule has 1 saturated carbocycles. The molecule has 3 heterocycles. The van der Waals surface area contributed by atoms with Gasteiger partial charge in [0.15, 0.2) is 11.4 Å². The zero-order valence-electron chi connectivity index (χ0n) is 18.3. The molecule has 7 atom stereocenters. The van der Waals surface area contributed by atoms with Crippen molar-refractivity contribution in [2.75, 3.05) is 13.2 Å². The zero-order chi connectivity index (χ0) is 21.8. The minimum Gasteiger partial charge on any atom is -0.458 e. The molecule has 2 saturated heterocycles. The Balaban J connectivity index is 1.33. The highest BCUT2D eigenvalue weighted by Crippen LogP contribution is 2.77. The standard InChI is InChI=1S/C24H29NO6/c1-4-7-25-19(26)8-12(2)14-9-18-24(31-18)22(3)6-5-13-15(11-29-21(13)28)16(22)10-17-23(24,30-17)20(14)27/h9,12,16-18H,4-8,10-11H2,1-3H3,(H,25,26)/t12?,16-,17-,18-,22-,23+,24+/m0/s1. The highest BCUT2D eigenvalue weighted by Gasteiger charge is 2.92. The van der Waals surface area contributed by atoms with Crippen LogP contribution in [-0.4, -0.2) is 54.2 Å². The molecule has 3 aliphatic heterocycles. The van der Waals surface area contributed by atoms with E-state index >= 15 is 0 Å². The quantitative estimate of drug-likeness (QED) is 0.532. The van der Waals surface area contributed by atoms with Crippen molar-refractivity contribution >= 4 is 17.7 Å². The summed E-state index contributed by atoms with van der Waals surface area (Å²) < 4.78 is 18.0. The maximum atomic E-state index is 13.8. The molecule has 7 nitrogen and oxygen atoms in total. The van der Waals surface area contributed by atoms with E-state index in [1.54, 1.807) is 0 Å². The number of hydrogen-bond donors (Lipinski definition) is 1. The molecule has 0 aromatic carbocycles. The molecule has 0 aromatic rings. The Kier molecular flexibility index (Phi) is 3.85. The number of carbonyl (C=O) groups is 3. The number of amides is 1. The molecule has 3 aliphatic carbocycles. The number of Topliss-reactive ketones (excluding diaryl/α,β-unsaturated/α-hetero) is 1. The van der Waals surface area contributed by atoms with Gasteiger partial charge >= 0.3 is 5.97 Å². The smallest absolute Gasteiger partial charge is 0.334 e. The second kappa shape index (κ2) is 6.07. The lowest BCUT2D eigenvalue weighted by atomic mass is 9.48. The third kappa shape index (κ3) is 2.19. The van der Waals surface area contributed by atoms with Gasteiger partial charge in [-0.05, 0) is 49.2 Å².